The van der Waals surface area contributed by atoms with Crippen molar-refractivity contribution in [2.24, 2.45) is 4.40 Å². The van der Waals surface area contributed by atoms with E-state index in [1.807, 2.05) is 6.07 Å². The minimum Gasteiger partial charge on any atom is -0.495 e. The fraction of sp³-hybridized carbons (Fsp3) is 0.118. The molecule has 0 radical (unpaired) electrons. The van der Waals surface area contributed by atoms with Crippen LogP contribution in [0, 0.1) is 5.82 Å². The number of nitrogens with one attached hydrogen (secondary N) is 1. The number of nitrogens with zero attached hydrogens (tertiary/aromatic N) is 1. The van der Waals surface area contributed by atoms with Crippen LogP contribution in [-0.4, -0.2) is 21.4 Å². The maximum absolute atomic E-state index is 13.1. The van der Waals surface area contributed by atoms with Crippen LogP contribution < -0.4 is 10.1 Å². The van der Waals surface area contributed by atoms with Crippen molar-refractivity contribution in [1.82, 2.24) is 0 Å². The van der Waals surface area contributed by atoms with Crippen LogP contribution in [0.4, 0.5) is 10.1 Å². The van der Waals surface area contributed by atoms with Gasteiger partial charge in [-0.15, -0.1) is 4.40 Å². The average molecular weight is 346 g/mol. The van der Waals surface area contributed by atoms with Gasteiger partial charge in [-0.3, -0.25) is 0 Å². The monoisotopic (exact) mass is 346 g/mol. The van der Waals surface area contributed by atoms with Crippen LogP contribution in [0.3, 0.4) is 0 Å². The number of hydrogen-bond donors (Lipinski definition) is 1. The van der Waals surface area contributed by atoms with Crippen molar-refractivity contribution in [2.45, 2.75) is 6.92 Å². The predicted octanol–water partition coefficient (Wildman–Crippen LogP) is 3.42. The molecule has 5 nitrogen and oxygen atoms in total. The van der Waals surface area contributed by atoms with Crippen molar-refractivity contribution in [1.29, 1.82) is 0 Å². The summed E-state index contributed by atoms with van der Waals surface area (Å²) >= 11 is 0. The Morgan fingerprint density at radius 2 is 1.75 bits per heavy atom. The lowest BCUT2D eigenvalue weighted by Crippen LogP contribution is -2.12. The summed E-state index contributed by atoms with van der Waals surface area (Å²) in [6.07, 6.45) is 0. The SMILES string of the molecule is COc1ccccc1NC1=NS(=O)(=O)C(c2ccc(F)cc2)=C1C. The molecule has 0 bridgehead atoms. The van der Waals surface area contributed by atoms with E-state index in [4.69, 9.17) is 4.74 Å². The number of benzene rings is 2. The molecule has 3 rings (SSSR count). The van der Waals surface area contributed by atoms with Crippen LogP contribution in [-0.2, 0) is 10.0 Å². The molecule has 0 aliphatic carbocycles. The Morgan fingerprint density at radius 1 is 1.08 bits per heavy atom. The number of anilines is 1. The summed E-state index contributed by atoms with van der Waals surface area (Å²) < 4.78 is 46.9. The molecule has 0 unspecified atom stereocenters. The van der Waals surface area contributed by atoms with Gasteiger partial charge < -0.3 is 10.1 Å². The van der Waals surface area contributed by atoms with Gasteiger partial charge in [-0.25, -0.2) is 4.39 Å². The topological polar surface area (TPSA) is 67.8 Å². The lowest BCUT2D eigenvalue weighted by molar-refractivity contribution is 0.417. The highest BCUT2D eigenvalue weighted by Crippen LogP contribution is 2.34. The van der Waals surface area contributed by atoms with Crippen molar-refractivity contribution in [3.05, 3.63) is 65.5 Å². The van der Waals surface area contributed by atoms with Crippen molar-refractivity contribution >= 4 is 26.5 Å². The maximum Gasteiger partial charge on any atom is 0.285 e. The van der Waals surface area contributed by atoms with Crippen molar-refractivity contribution in [3.63, 3.8) is 0 Å². The number of para-hydroxylation sites is 2. The summed E-state index contributed by atoms with van der Waals surface area (Å²) in [6.45, 7) is 1.66. The Labute approximate surface area is 139 Å². The standard InChI is InChI=1S/C17H15FN2O3S/c1-11-16(12-7-9-13(18)10-8-12)24(21,22)20-17(11)19-14-5-3-4-6-15(14)23-2/h3-10H,1-2H3,(H,19,20). The number of methoxy groups -OCH3 is 1. The molecule has 24 heavy (non-hydrogen) atoms. The van der Waals surface area contributed by atoms with Gasteiger partial charge >= 0.3 is 0 Å². The second kappa shape index (κ2) is 6.09. The zero-order valence-corrected chi connectivity index (χ0v) is 13.9. The van der Waals surface area contributed by atoms with Gasteiger partial charge in [-0.2, -0.15) is 8.42 Å². The van der Waals surface area contributed by atoms with Crippen LogP contribution in [0.5, 0.6) is 5.75 Å². The molecule has 1 aliphatic heterocycles. The van der Waals surface area contributed by atoms with Gasteiger partial charge in [0.2, 0.25) is 0 Å². The van der Waals surface area contributed by atoms with Gasteiger partial charge in [0, 0.05) is 5.57 Å². The molecule has 2 aromatic rings. The summed E-state index contributed by atoms with van der Waals surface area (Å²) in [4.78, 5) is 0.0693. The Balaban J connectivity index is 2.03. The highest BCUT2D eigenvalue weighted by Gasteiger charge is 2.31. The van der Waals surface area contributed by atoms with Crippen LogP contribution in [0.15, 0.2) is 58.5 Å². The normalized spacial score (nSPS) is 16.0. The number of amidine groups is 1. The maximum atomic E-state index is 13.1. The lowest BCUT2D eigenvalue weighted by atomic mass is 10.1. The fourth-order valence-electron chi connectivity index (χ4n) is 2.49. The third-order valence-electron chi connectivity index (χ3n) is 3.63. The molecular weight excluding hydrogens is 331 g/mol. The molecule has 0 aromatic heterocycles. The van der Waals surface area contributed by atoms with Gasteiger partial charge in [0.05, 0.1) is 12.8 Å². The molecule has 0 amide bonds. The van der Waals surface area contributed by atoms with Crippen molar-refractivity contribution in [3.8, 4) is 5.75 Å². The van der Waals surface area contributed by atoms with E-state index < -0.39 is 15.8 Å². The van der Waals surface area contributed by atoms with E-state index in [1.165, 1.54) is 31.4 Å². The number of hydrogen-bond acceptors (Lipinski definition) is 4. The minimum absolute atomic E-state index is 0.0693. The second-order valence-corrected chi connectivity index (χ2v) is 6.74. The van der Waals surface area contributed by atoms with Gasteiger partial charge in [-0.1, -0.05) is 24.3 Å². The van der Waals surface area contributed by atoms with E-state index in [9.17, 15) is 12.8 Å². The molecular formula is C17H15FN2O3S. The van der Waals surface area contributed by atoms with Crippen LogP contribution in [0.25, 0.3) is 4.91 Å². The zero-order valence-electron chi connectivity index (χ0n) is 13.1. The minimum atomic E-state index is -3.85. The zero-order chi connectivity index (χ0) is 17.3. The van der Waals surface area contributed by atoms with Gasteiger partial charge in [0.1, 0.15) is 22.3 Å². The van der Waals surface area contributed by atoms with Gasteiger partial charge in [-0.05, 0) is 36.8 Å². The molecule has 1 aliphatic rings. The summed E-state index contributed by atoms with van der Waals surface area (Å²) in [6, 6.07) is 12.4. The van der Waals surface area contributed by atoms with Gasteiger partial charge in [0.15, 0.2) is 0 Å². The smallest absolute Gasteiger partial charge is 0.285 e. The molecule has 1 N–H and O–H groups in total. The predicted molar refractivity (Wildman–Crippen MR) is 92.0 cm³/mol. The first-order chi connectivity index (χ1) is 11.4. The number of sulfonamides is 1. The molecule has 0 saturated carbocycles. The van der Waals surface area contributed by atoms with Crippen LogP contribution in [0.1, 0.15) is 12.5 Å². The molecule has 124 valence electrons. The first-order valence-corrected chi connectivity index (χ1v) is 8.58. The van der Waals surface area contributed by atoms with E-state index in [0.29, 0.717) is 22.6 Å². The molecule has 2 aromatic carbocycles. The molecule has 0 fully saturated rings. The van der Waals surface area contributed by atoms with Crippen molar-refractivity contribution in [2.75, 3.05) is 12.4 Å². The van der Waals surface area contributed by atoms with Gasteiger partial charge in [0.25, 0.3) is 10.0 Å². The first-order valence-electron chi connectivity index (χ1n) is 7.14. The van der Waals surface area contributed by atoms with Crippen molar-refractivity contribution < 1.29 is 17.5 Å². The molecule has 0 saturated heterocycles. The largest absolute Gasteiger partial charge is 0.495 e. The Kier molecular flexibility index (Phi) is 4.11. The summed E-state index contributed by atoms with van der Waals surface area (Å²) in [7, 11) is -2.32. The van der Waals surface area contributed by atoms with E-state index in [0.717, 1.165) is 0 Å². The van der Waals surface area contributed by atoms with Crippen LogP contribution in [0.2, 0.25) is 0 Å². The van der Waals surface area contributed by atoms with E-state index in [1.54, 1.807) is 25.1 Å². The Hall–Kier alpha value is -2.67. The summed E-state index contributed by atoms with van der Waals surface area (Å²) in [5.74, 6) is 0.361. The van der Waals surface area contributed by atoms with E-state index in [-0.39, 0.29) is 10.7 Å². The lowest BCUT2D eigenvalue weighted by Gasteiger charge is -2.11. The Bertz CT molecular complexity index is 948. The average Bonchev–Trinajstić information content (AvgIpc) is 2.78. The quantitative estimate of drug-likeness (QED) is 0.925. The second-order valence-electron chi connectivity index (χ2n) is 5.20. The van der Waals surface area contributed by atoms with E-state index in [2.05, 4.69) is 9.71 Å². The molecule has 7 heteroatoms. The number of halogens is 1. The van der Waals surface area contributed by atoms with Crippen LogP contribution >= 0.6 is 0 Å². The third-order valence-corrected chi connectivity index (χ3v) is 5.11. The molecule has 1 heterocycles. The highest BCUT2D eigenvalue weighted by atomic mass is 32.2. The highest BCUT2D eigenvalue weighted by molar-refractivity contribution is 8.00. The molecule has 0 atom stereocenters. The molecule has 0 spiro atoms. The summed E-state index contributed by atoms with van der Waals surface area (Å²) in [5.41, 5.74) is 1.47. The number of ether oxygens (including phenoxy) is 1. The third kappa shape index (κ3) is 2.90. The Morgan fingerprint density at radius 3 is 2.42 bits per heavy atom. The number of rotatable bonds is 3. The fourth-order valence-corrected chi connectivity index (χ4v) is 3.93. The first kappa shape index (κ1) is 16.2. The summed E-state index contributed by atoms with van der Waals surface area (Å²) in [5, 5.41) is 2.99. The van der Waals surface area contributed by atoms with E-state index >= 15 is 0 Å².